The van der Waals surface area contributed by atoms with Crippen molar-refractivity contribution in [3.8, 4) is 11.4 Å². The minimum atomic E-state index is -0.695. The van der Waals surface area contributed by atoms with E-state index in [4.69, 9.17) is 11.6 Å². The monoisotopic (exact) mass is 416 g/mol. The zero-order chi connectivity index (χ0) is 20.4. The Morgan fingerprint density at radius 3 is 2.69 bits per heavy atom. The minimum Gasteiger partial charge on any atom is -0.356 e. The minimum absolute atomic E-state index is 0.00435. The third kappa shape index (κ3) is 4.17. The van der Waals surface area contributed by atoms with Crippen LogP contribution >= 0.6 is 11.6 Å². The van der Waals surface area contributed by atoms with Crippen LogP contribution in [0.5, 0.6) is 0 Å². The largest absolute Gasteiger partial charge is 0.356 e. The van der Waals surface area contributed by atoms with Crippen LogP contribution in [-0.4, -0.2) is 28.0 Å². The van der Waals surface area contributed by atoms with Gasteiger partial charge >= 0.3 is 0 Å². The Hall–Kier alpha value is -2.34. The molecule has 0 spiro atoms. The molecule has 1 aliphatic rings. The standard InChI is InChI=1S/C22H23ClF2N4/c1-2-3-4-14-6-9-29(10-7-14)22-16-13-26-8-5-20(16)27-21(28-22)15-11-19(25)17(23)12-18(15)24/h5,8,11-14H,2-4,6-7,9-10H2,1H3. The molecule has 2 aromatic heterocycles. The van der Waals surface area contributed by atoms with Crippen LogP contribution in [0.1, 0.15) is 39.0 Å². The van der Waals surface area contributed by atoms with E-state index >= 15 is 0 Å². The van der Waals surface area contributed by atoms with Gasteiger partial charge < -0.3 is 4.90 Å². The molecule has 4 nitrogen and oxygen atoms in total. The number of halogens is 3. The van der Waals surface area contributed by atoms with Gasteiger partial charge in [-0.25, -0.2) is 18.7 Å². The molecule has 0 bridgehead atoms. The SMILES string of the molecule is CCCCC1CCN(c2nc(-c3cc(F)c(Cl)cc3F)nc3ccncc23)CC1. The summed E-state index contributed by atoms with van der Waals surface area (Å²) < 4.78 is 28.5. The molecule has 0 atom stereocenters. The molecule has 1 saturated heterocycles. The summed E-state index contributed by atoms with van der Waals surface area (Å²) in [4.78, 5) is 15.5. The van der Waals surface area contributed by atoms with Gasteiger partial charge in [0.25, 0.3) is 0 Å². The number of hydrogen-bond donors (Lipinski definition) is 0. The average Bonchev–Trinajstić information content (AvgIpc) is 2.74. The normalized spacial score (nSPS) is 15.2. The third-order valence-electron chi connectivity index (χ3n) is 5.61. The van der Waals surface area contributed by atoms with Crippen molar-refractivity contribution in [2.75, 3.05) is 18.0 Å². The van der Waals surface area contributed by atoms with E-state index in [1.54, 1.807) is 18.5 Å². The molecule has 1 aliphatic heterocycles. The average molecular weight is 417 g/mol. The van der Waals surface area contributed by atoms with E-state index < -0.39 is 11.6 Å². The molecule has 152 valence electrons. The van der Waals surface area contributed by atoms with Crippen molar-refractivity contribution in [2.24, 2.45) is 5.92 Å². The first-order chi connectivity index (χ1) is 14.1. The van der Waals surface area contributed by atoms with Crippen molar-refractivity contribution in [1.29, 1.82) is 0 Å². The van der Waals surface area contributed by atoms with Crippen LogP contribution in [0.2, 0.25) is 5.02 Å². The number of rotatable bonds is 5. The Bertz CT molecular complexity index is 1020. The summed E-state index contributed by atoms with van der Waals surface area (Å²) >= 11 is 5.70. The van der Waals surface area contributed by atoms with E-state index in [1.807, 2.05) is 0 Å². The van der Waals surface area contributed by atoms with Crippen molar-refractivity contribution < 1.29 is 8.78 Å². The predicted octanol–water partition coefficient (Wildman–Crippen LogP) is 6.03. The van der Waals surface area contributed by atoms with E-state index in [9.17, 15) is 8.78 Å². The van der Waals surface area contributed by atoms with Crippen molar-refractivity contribution in [1.82, 2.24) is 15.0 Å². The Morgan fingerprint density at radius 2 is 1.93 bits per heavy atom. The number of benzene rings is 1. The van der Waals surface area contributed by atoms with Gasteiger partial charge in [0.1, 0.15) is 17.5 Å². The molecule has 1 fully saturated rings. The lowest BCUT2D eigenvalue weighted by Gasteiger charge is -2.33. The number of hydrogen-bond acceptors (Lipinski definition) is 4. The zero-order valence-corrected chi connectivity index (χ0v) is 17.1. The first kappa shape index (κ1) is 20.0. The van der Waals surface area contributed by atoms with E-state index in [-0.39, 0.29) is 16.4 Å². The van der Waals surface area contributed by atoms with E-state index in [0.29, 0.717) is 5.52 Å². The first-order valence-electron chi connectivity index (χ1n) is 10.1. The van der Waals surface area contributed by atoms with Crippen LogP contribution in [0, 0.1) is 17.6 Å². The first-order valence-corrected chi connectivity index (χ1v) is 10.5. The molecule has 0 N–H and O–H groups in total. The summed E-state index contributed by atoms with van der Waals surface area (Å²) in [7, 11) is 0. The van der Waals surface area contributed by atoms with Gasteiger partial charge in [-0.2, -0.15) is 0 Å². The number of pyridine rings is 1. The Morgan fingerprint density at radius 1 is 1.14 bits per heavy atom. The fraction of sp³-hybridized carbons (Fsp3) is 0.409. The number of unbranched alkanes of at least 4 members (excludes halogenated alkanes) is 1. The predicted molar refractivity (Wildman–Crippen MR) is 112 cm³/mol. The van der Waals surface area contributed by atoms with Crippen LogP contribution in [0.25, 0.3) is 22.3 Å². The van der Waals surface area contributed by atoms with Crippen LogP contribution in [0.4, 0.5) is 14.6 Å². The molecule has 3 aromatic rings. The van der Waals surface area contributed by atoms with E-state index in [2.05, 4.69) is 26.8 Å². The van der Waals surface area contributed by atoms with Gasteiger partial charge in [-0.3, -0.25) is 4.98 Å². The third-order valence-corrected chi connectivity index (χ3v) is 5.90. The fourth-order valence-corrected chi connectivity index (χ4v) is 4.09. The van der Waals surface area contributed by atoms with Crippen LogP contribution < -0.4 is 4.90 Å². The lowest BCUT2D eigenvalue weighted by molar-refractivity contribution is 0.371. The topological polar surface area (TPSA) is 41.9 Å². The maximum atomic E-state index is 14.5. The van der Waals surface area contributed by atoms with Gasteiger partial charge in [-0.15, -0.1) is 0 Å². The molecule has 1 aromatic carbocycles. The smallest absolute Gasteiger partial charge is 0.165 e. The number of piperidine rings is 1. The molecule has 0 radical (unpaired) electrons. The summed E-state index contributed by atoms with van der Waals surface area (Å²) in [6, 6.07) is 3.79. The number of aromatic nitrogens is 3. The second-order valence-electron chi connectivity index (χ2n) is 7.58. The summed E-state index contributed by atoms with van der Waals surface area (Å²) in [5.41, 5.74) is 0.660. The molecule has 0 amide bonds. The highest BCUT2D eigenvalue weighted by molar-refractivity contribution is 6.30. The quantitative estimate of drug-likeness (QED) is 0.476. The maximum absolute atomic E-state index is 14.5. The highest BCUT2D eigenvalue weighted by atomic mass is 35.5. The molecule has 0 aliphatic carbocycles. The van der Waals surface area contributed by atoms with Crippen molar-refractivity contribution in [3.63, 3.8) is 0 Å². The molecule has 29 heavy (non-hydrogen) atoms. The molecule has 0 saturated carbocycles. The van der Waals surface area contributed by atoms with Gasteiger partial charge in [-0.1, -0.05) is 37.8 Å². The molecule has 7 heteroatoms. The van der Waals surface area contributed by atoms with Gasteiger partial charge in [0.2, 0.25) is 0 Å². The summed E-state index contributed by atoms with van der Waals surface area (Å²) in [5.74, 6) is 0.273. The van der Waals surface area contributed by atoms with E-state index in [0.717, 1.165) is 55.2 Å². The molecular weight excluding hydrogens is 394 g/mol. The van der Waals surface area contributed by atoms with Crippen molar-refractivity contribution in [2.45, 2.75) is 39.0 Å². The number of nitrogens with zero attached hydrogens (tertiary/aromatic N) is 4. The molecular formula is C22H23ClF2N4. The molecule has 3 heterocycles. The van der Waals surface area contributed by atoms with Gasteiger partial charge in [0.15, 0.2) is 5.82 Å². The maximum Gasteiger partial charge on any atom is 0.165 e. The van der Waals surface area contributed by atoms with Crippen molar-refractivity contribution in [3.05, 3.63) is 47.2 Å². The Balaban J connectivity index is 1.72. The van der Waals surface area contributed by atoms with Gasteiger partial charge in [0.05, 0.1) is 21.5 Å². The van der Waals surface area contributed by atoms with Crippen LogP contribution in [0.15, 0.2) is 30.6 Å². The van der Waals surface area contributed by atoms with Gasteiger partial charge in [-0.05, 0) is 37.0 Å². The Labute approximate surface area is 174 Å². The zero-order valence-electron chi connectivity index (χ0n) is 16.3. The highest BCUT2D eigenvalue weighted by Gasteiger charge is 2.23. The Kier molecular flexibility index (Phi) is 5.90. The lowest BCUT2D eigenvalue weighted by atomic mass is 9.91. The van der Waals surface area contributed by atoms with Crippen LogP contribution in [0.3, 0.4) is 0 Å². The molecule has 4 rings (SSSR count). The molecule has 0 unspecified atom stereocenters. The number of fused-ring (bicyclic) bond motifs is 1. The second-order valence-corrected chi connectivity index (χ2v) is 7.99. The fourth-order valence-electron chi connectivity index (χ4n) is 3.94. The van der Waals surface area contributed by atoms with E-state index in [1.165, 1.54) is 19.3 Å². The second kappa shape index (κ2) is 8.57. The summed E-state index contributed by atoms with van der Waals surface area (Å²) in [6.07, 6.45) is 9.31. The lowest BCUT2D eigenvalue weighted by Crippen LogP contribution is -2.34. The van der Waals surface area contributed by atoms with Crippen molar-refractivity contribution >= 4 is 28.3 Å². The summed E-state index contributed by atoms with van der Waals surface area (Å²) in [6.45, 7) is 3.98. The van der Waals surface area contributed by atoms with Crippen LogP contribution in [-0.2, 0) is 0 Å². The summed E-state index contributed by atoms with van der Waals surface area (Å²) in [5, 5.41) is 0.559. The number of anilines is 1. The van der Waals surface area contributed by atoms with Gasteiger partial charge in [0, 0.05) is 25.5 Å². The highest BCUT2D eigenvalue weighted by Crippen LogP contribution is 2.33.